The van der Waals surface area contributed by atoms with E-state index in [4.69, 9.17) is 0 Å². The van der Waals surface area contributed by atoms with Crippen LogP contribution in [-0.2, 0) is 4.79 Å². The van der Waals surface area contributed by atoms with Gasteiger partial charge < -0.3 is 21.1 Å². The molecule has 10 heteroatoms. The van der Waals surface area contributed by atoms with Gasteiger partial charge in [-0.3, -0.25) is 9.79 Å². The molecule has 2 aromatic carbocycles. The van der Waals surface area contributed by atoms with E-state index in [1.54, 1.807) is 0 Å². The van der Waals surface area contributed by atoms with Gasteiger partial charge in [-0.25, -0.2) is 13.2 Å². The molecule has 0 aliphatic carbocycles. The fourth-order valence-electron chi connectivity index (χ4n) is 2.66. The highest BCUT2D eigenvalue weighted by Crippen LogP contribution is 2.29. The Morgan fingerprint density at radius 1 is 1.13 bits per heavy atom. The summed E-state index contributed by atoms with van der Waals surface area (Å²) in [6.07, 6.45) is -0.786. The molecule has 0 aliphatic rings. The molecular formula is C20H19F3N4O2S. The van der Waals surface area contributed by atoms with Crippen molar-refractivity contribution in [2.45, 2.75) is 6.10 Å². The maximum absolute atomic E-state index is 13.6. The summed E-state index contributed by atoms with van der Waals surface area (Å²) in [5, 5.41) is 19.2. The molecule has 6 nitrogen and oxygen atoms in total. The number of amides is 1. The minimum atomic E-state index is -1.66. The Balaban J connectivity index is 1.50. The summed E-state index contributed by atoms with van der Waals surface area (Å²) in [6.45, 7) is -0.164. The molecule has 3 aromatic rings. The zero-order valence-corrected chi connectivity index (χ0v) is 16.7. The first-order valence-corrected chi connectivity index (χ1v) is 9.75. The number of hydrogen-bond acceptors (Lipinski definition) is 4. The highest BCUT2D eigenvalue weighted by molar-refractivity contribution is 7.19. The first-order chi connectivity index (χ1) is 14.4. The summed E-state index contributed by atoms with van der Waals surface area (Å²) in [5.74, 6) is -4.93. The van der Waals surface area contributed by atoms with Gasteiger partial charge in [0, 0.05) is 23.2 Å². The summed E-state index contributed by atoms with van der Waals surface area (Å²) in [5.41, 5.74) is -0.469. The predicted octanol–water partition coefficient (Wildman–Crippen LogP) is 3.16. The second-order valence-corrected chi connectivity index (χ2v) is 7.40. The number of nitrogens with zero attached hydrogens (tertiary/aromatic N) is 1. The SMILES string of the molecule is CN=C(NCC(=O)Nc1ccc(F)c(F)c1F)NCC(O)c1cc2ccccc2s1. The molecule has 1 heterocycles. The van der Waals surface area contributed by atoms with Crippen molar-refractivity contribution in [2.75, 3.05) is 25.5 Å². The molecule has 1 amide bonds. The Morgan fingerprint density at radius 3 is 2.63 bits per heavy atom. The van der Waals surface area contributed by atoms with E-state index >= 15 is 0 Å². The first-order valence-electron chi connectivity index (χ1n) is 8.93. The van der Waals surface area contributed by atoms with Crippen LogP contribution in [-0.4, -0.2) is 37.1 Å². The number of rotatable bonds is 6. The number of hydrogen-bond donors (Lipinski definition) is 4. The molecule has 4 N–H and O–H groups in total. The third-order valence-corrected chi connectivity index (χ3v) is 5.40. The lowest BCUT2D eigenvalue weighted by Gasteiger charge is -2.14. The van der Waals surface area contributed by atoms with Crippen molar-refractivity contribution in [1.29, 1.82) is 0 Å². The Labute approximate surface area is 174 Å². The van der Waals surface area contributed by atoms with Gasteiger partial charge in [0.2, 0.25) is 5.91 Å². The molecule has 30 heavy (non-hydrogen) atoms. The first kappa shape index (κ1) is 21.6. The topological polar surface area (TPSA) is 85.8 Å². The van der Waals surface area contributed by atoms with Crippen LogP contribution in [0.15, 0.2) is 47.5 Å². The Hall–Kier alpha value is -3.11. The molecule has 0 aliphatic heterocycles. The van der Waals surface area contributed by atoms with Gasteiger partial charge in [-0.2, -0.15) is 0 Å². The van der Waals surface area contributed by atoms with Crippen LogP contribution in [0, 0.1) is 17.5 Å². The third-order valence-electron chi connectivity index (χ3n) is 4.19. The molecule has 0 radical (unpaired) electrons. The monoisotopic (exact) mass is 436 g/mol. The summed E-state index contributed by atoms with van der Waals surface area (Å²) in [4.78, 5) is 16.7. The Bertz CT molecular complexity index is 1050. The van der Waals surface area contributed by atoms with Crippen LogP contribution >= 0.6 is 11.3 Å². The second kappa shape index (κ2) is 9.59. The average Bonchev–Trinajstić information content (AvgIpc) is 3.18. The number of aliphatic hydroxyl groups excluding tert-OH is 1. The minimum absolute atomic E-state index is 0.145. The van der Waals surface area contributed by atoms with E-state index in [1.807, 2.05) is 30.3 Å². The van der Waals surface area contributed by atoms with Gasteiger partial charge >= 0.3 is 0 Å². The lowest BCUT2D eigenvalue weighted by Crippen LogP contribution is -2.42. The van der Waals surface area contributed by atoms with Crippen LogP contribution in [0.25, 0.3) is 10.1 Å². The van der Waals surface area contributed by atoms with Gasteiger partial charge in [-0.1, -0.05) is 18.2 Å². The molecule has 158 valence electrons. The smallest absolute Gasteiger partial charge is 0.243 e. The second-order valence-electron chi connectivity index (χ2n) is 6.28. The van der Waals surface area contributed by atoms with E-state index in [0.717, 1.165) is 27.1 Å². The molecule has 0 fully saturated rings. The van der Waals surface area contributed by atoms with E-state index in [0.29, 0.717) is 0 Å². The zero-order valence-electron chi connectivity index (χ0n) is 15.9. The number of carbonyl (C=O) groups excluding carboxylic acids is 1. The van der Waals surface area contributed by atoms with Crippen molar-refractivity contribution in [3.63, 3.8) is 0 Å². The summed E-state index contributed by atoms with van der Waals surface area (Å²) >= 11 is 1.48. The normalized spacial score (nSPS) is 12.6. The summed E-state index contributed by atoms with van der Waals surface area (Å²) in [7, 11) is 1.48. The molecule has 0 saturated heterocycles. The molecule has 0 saturated carbocycles. The Morgan fingerprint density at radius 2 is 1.90 bits per heavy atom. The molecule has 1 atom stereocenters. The number of aliphatic hydroxyl groups is 1. The van der Waals surface area contributed by atoms with E-state index in [-0.39, 0.29) is 19.0 Å². The van der Waals surface area contributed by atoms with E-state index in [1.165, 1.54) is 18.4 Å². The number of carbonyl (C=O) groups is 1. The Kier molecular flexibility index (Phi) is 6.91. The molecule has 1 aromatic heterocycles. The van der Waals surface area contributed by atoms with Crippen molar-refractivity contribution in [3.05, 3.63) is 64.8 Å². The number of benzene rings is 2. The molecular weight excluding hydrogens is 417 g/mol. The molecule has 1 unspecified atom stereocenters. The van der Waals surface area contributed by atoms with E-state index in [9.17, 15) is 23.1 Å². The van der Waals surface area contributed by atoms with Crippen molar-refractivity contribution in [1.82, 2.24) is 10.6 Å². The highest BCUT2D eigenvalue weighted by Gasteiger charge is 2.16. The fraction of sp³-hybridized carbons (Fsp3) is 0.200. The van der Waals surface area contributed by atoms with E-state index in [2.05, 4.69) is 20.9 Å². The van der Waals surface area contributed by atoms with Crippen LogP contribution in [0.5, 0.6) is 0 Å². The number of anilines is 1. The van der Waals surface area contributed by atoms with E-state index < -0.39 is 35.2 Å². The van der Waals surface area contributed by atoms with Crippen LogP contribution < -0.4 is 16.0 Å². The van der Waals surface area contributed by atoms with Gasteiger partial charge in [0.05, 0.1) is 12.2 Å². The molecule has 0 bridgehead atoms. The van der Waals surface area contributed by atoms with Gasteiger partial charge in [-0.15, -0.1) is 11.3 Å². The van der Waals surface area contributed by atoms with Crippen molar-refractivity contribution >= 4 is 39.0 Å². The van der Waals surface area contributed by atoms with Crippen LogP contribution in [0.3, 0.4) is 0 Å². The van der Waals surface area contributed by atoms with Crippen molar-refractivity contribution in [2.24, 2.45) is 4.99 Å². The molecule has 3 rings (SSSR count). The van der Waals surface area contributed by atoms with Gasteiger partial charge in [0.1, 0.15) is 6.10 Å². The van der Waals surface area contributed by atoms with Gasteiger partial charge in [0.25, 0.3) is 0 Å². The highest BCUT2D eigenvalue weighted by atomic mass is 32.1. The van der Waals surface area contributed by atoms with Crippen molar-refractivity contribution < 1.29 is 23.1 Å². The summed E-state index contributed by atoms with van der Waals surface area (Å²) < 4.78 is 40.9. The van der Waals surface area contributed by atoms with Gasteiger partial charge in [-0.05, 0) is 29.7 Å². The number of aliphatic imine (C=N–C) groups is 1. The third kappa shape index (κ3) is 5.08. The quantitative estimate of drug-likeness (QED) is 0.272. The van der Waals surface area contributed by atoms with Crippen LogP contribution in [0.4, 0.5) is 18.9 Å². The maximum atomic E-state index is 13.6. The van der Waals surface area contributed by atoms with Crippen LogP contribution in [0.1, 0.15) is 11.0 Å². The van der Waals surface area contributed by atoms with Crippen LogP contribution in [0.2, 0.25) is 0 Å². The number of nitrogens with one attached hydrogen (secondary N) is 3. The lowest BCUT2D eigenvalue weighted by molar-refractivity contribution is -0.115. The largest absolute Gasteiger partial charge is 0.386 e. The maximum Gasteiger partial charge on any atom is 0.243 e. The minimum Gasteiger partial charge on any atom is -0.386 e. The predicted molar refractivity (Wildman–Crippen MR) is 111 cm³/mol. The molecule has 0 spiro atoms. The average molecular weight is 436 g/mol. The zero-order chi connectivity index (χ0) is 21.7. The number of guanidine groups is 1. The number of fused-ring (bicyclic) bond motifs is 1. The standard InChI is InChI=1S/C20H19F3N4O2S/c1-24-20(25-9-14(28)16-8-11-4-2-3-5-15(11)30-16)26-10-17(29)27-13-7-6-12(21)18(22)19(13)23/h2-8,14,28H,9-10H2,1H3,(H,27,29)(H2,24,25,26). The lowest BCUT2D eigenvalue weighted by atomic mass is 10.2. The fourth-order valence-corrected chi connectivity index (χ4v) is 3.71. The number of halogens is 3. The number of thiophene rings is 1. The van der Waals surface area contributed by atoms with Crippen molar-refractivity contribution in [3.8, 4) is 0 Å². The summed E-state index contributed by atoms with van der Waals surface area (Å²) in [6, 6.07) is 11.3. The van der Waals surface area contributed by atoms with Gasteiger partial charge in [0.15, 0.2) is 23.4 Å².